The zero-order chi connectivity index (χ0) is 28.5. The fourth-order valence-electron chi connectivity index (χ4n) is 5.12. The second-order valence-corrected chi connectivity index (χ2v) is 12.3. The highest BCUT2D eigenvalue weighted by Gasteiger charge is 2.41. The van der Waals surface area contributed by atoms with E-state index in [1.54, 1.807) is 27.8 Å². The molecule has 14 heteroatoms. The first kappa shape index (κ1) is 27.6. The van der Waals surface area contributed by atoms with E-state index in [9.17, 15) is 23.3 Å². The number of aromatic amines is 1. The third kappa shape index (κ3) is 5.15. The number of pyridine rings is 1. The van der Waals surface area contributed by atoms with Crippen molar-refractivity contribution >= 4 is 38.5 Å². The SMILES string of the molecule is CN(C)S(=O)(=O)c1ccc(Nc2nn(C3(CC#N)CCN(C(=O)O[C@@H]4CCOC4)CC3)c3cc[nH]c(=O)c23)cc1. The normalized spacial score (nSPS) is 19.1. The summed E-state index contributed by atoms with van der Waals surface area (Å²) < 4.78 is 38.6. The molecule has 2 aliphatic heterocycles. The number of rotatable bonds is 7. The van der Waals surface area contributed by atoms with Gasteiger partial charge >= 0.3 is 6.09 Å². The lowest BCUT2D eigenvalue weighted by atomic mass is 9.85. The van der Waals surface area contributed by atoms with Gasteiger partial charge in [0, 0.05) is 45.5 Å². The van der Waals surface area contributed by atoms with Crippen LogP contribution in [0.25, 0.3) is 10.9 Å². The minimum atomic E-state index is -3.59. The van der Waals surface area contributed by atoms with Crippen molar-refractivity contribution in [2.75, 3.05) is 45.7 Å². The Morgan fingerprint density at radius 1 is 1.27 bits per heavy atom. The Labute approximate surface area is 231 Å². The van der Waals surface area contributed by atoms with Crippen molar-refractivity contribution in [3.63, 3.8) is 0 Å². The Morgan fingerprint density at radius 3 is 2.62 bits per heavy atom. The number of anilines is 2. The fraction of sp³-hybridized carbons (Fsp3) is 0.462. The summed E-state index contributed by atoms with van der Waals surface area (Å²) in [5.74, 6) is 0.278. The molecule has 4 heterocycles. The first-order valence-corrected chi connectivity index (χ1v) is 14.4. The number of benzene rings is 1. The van der Waals surface area contributed by atoms with Crippen LogP contribution in [0.5, 0.6) is 0 Å². The maximum atomic E-state index is 12.9. The van der Waals surface area contributed by atoms with Crippen LogP contribution in [0.1, 0.15) is 25.7 Å². The summed E-state index contributed by atoms with van der Waals surface area (Å²) in [7, 11) is -0.673. The number of amides is 1. The number of nitrogens with zero attached hydrogens (tertiary/aromatic N) is 5. The van der Waals surface area contributed by atoms with Crippen molar-refractivity contribution in [1.29, 1.82) is 5.26 Å². The summed E-state index contributed by atoms with van der Waals surface area (Å²) in [5, 5.41) is 18.0. The van der Waals surface area contributed by atoms with Gasteiger partial charge in [-0.15, -0.1) is 0 Å². The molecule has 3 aromatic rings. The van der Waals surface area contributed by atoms with E-state index in [-0.39, 0.29) is 28.8 Å². The lowest BCUT2D eigenvalue weighted by Crippen LogP contribution is -2.49. The van der Waals surface area contributed by atoms with Crippen LogP contribution in [0.4, 0.5) is 16.3 Å². The number of hydrogen-bond donors (Lipinski definition) is 2. The largest absolute Gasteiger partial charge is 0.444 e. The highest BCUT2D eigenvalue weighted by molar-refractivity contribution is 7.89. The summed E-state index contributed by atoms with van der Waals surface area (Å²) in [5.41, 5.74) is -0.0230. The number of nitriles is 1. The van der Waals surface area contributed by atoms with Gasteiger partial charge in [-0.05, 0) is 43.2 Å². The molecular weight excluding hydrogens is 538 g/mol. The van der Waals surface area contributed by atoms with Crippen LogP contribution in [0.3, 0.4) is 0 Å². The Morgan fingerprint density at radius 2 is 2.00 bits per heavy atom. The van der Waals surface area contributed by atoms with Crippen LogP contribution in [0.2, 0.25) is 0 Å². The van der Waals surface area contributed by atoms with E-state index >= 15 is 0 Å². The molecule has 2 aromatic heterocycles. The molecule has 0 aliphatic carbocycles. The number of carbonyl (C=O) groups excluding carboxylic acids is 1. The quantitative estimate of drug-likeness (QED) is 0.435. The molecule has 0 bridgehead atoms. The summed E-state index contributed by atoms with van der Waals surface area (Å²) >= 11 is 0. The molecule has 1 amide bonds. The minimum absolute atomic E-state index is 0.131. The van der Waals surface area contributed by atoms with E-state index in [2.05, 4.69) is 16.4 Å². The van der Waals surface area contributed by atoms with E-state index in [1.807, 2.05) is 0 Å². The van der Waals surface area contributed by atoms with E-state index in [1.165, 1.54) is 32.4 Å². The number of carbonyl (C=O) groups is 1. The zero-order valence-corrected chi connectivity index (χ0v) is 23.1. The van der Waals surface area contributed by atoms with Crippen molar-refractivity contribution in [2.24, 2.45) is 0 Å². The van der Waals surface area contributed by atoms with Gasteiger partial charge < -0.3 is 24.7 Å². The molecule has 2 N–H and O–H groups in total. The predicted octanol–water partition coefficient (Wildman–Crippen LogP) is 2.35. The van der Waals surface area contributed by atoms with Gasteiger partial charge in [0.05, 0.1) is 41.7 Å². The number of fused-ring (bicyclic) bond motifs is 1. The van der Waals surface area contributed by atoms with Gasteiger partial charge in [0.1, 0.15) is 11.5 Å². The molecule has 2 aliphatic rings. The highest BCUT2D eigenvalue weighted by Crippen LogP contribution is 2.37. The Bertz CT molecular complexity index is 1590. The second kappa shape index (κ2) is 10.9. The standard InChI is InChI=1S/C26H31N7O6S/c1-31(2)40(36,37)20-5-3-18(4-6-20)29-23-22-21(7-13-28-24(22)34)33(30-23)26(9-12-27)10-14-32(15-11-26)25(35)39-19-8-16-38-17-19/h3-7,13,19H,8-11,14-17H2,1-2H3,(H,28,34)(H,29,30)/t19-/m1/s1. The van der Waals surface area contributed by atoms with Crippen LogP contribution < -0.4 is 10.9 Å². The Hall–Kier alpha value is -3.93. The van der Waals surface area contributed by atoms with Crippen LogP contribution >= 0.6 is 0 Å². The van der Waals surface area contributed by atoms with E-state index in [0.29, 0.717) is 62.2 Å². The van der Waals surface area contributed by atoms with Gasteiger partial charge in [-0.3, -0.25) is 9.48 Å². The van der Waals surface area contributed by atoms with Crippen molar-refractivity contribution in [2.45, 2.75) is 42.2 Å². The molecule has 0 radical (unpaired) electrons. The van der Waals surface area contributed by atoms with E-state index < -0.39 is 21.7 Å². The average Bonchev–Trinajstić information content (AvgIpc) is 3.58. The molecule has 0 spiro atoms. The van der Waals surface area contributed by atoms with Gasteiger partial charge in [-0.2, -0.15) is 10.4 Å². The highest BCUT2D eigenvalue weighted by atomic mass is 32.2. The predicted molar refractivity (Wildman–Crippen MR) is 146 cm³/mol. The van der Waals surface area contributed by atoms with Gasteiger partial charge in [0.25, 0.3) is 5.56 Å². The molecule has 5 rings (SSSR count). The van der Waals surface area contributed by atoms with Crippen LogP contribution in [-0.2, 0) is 25.0 Å². The van der Waals surface area contributed by atoms with Crippen LogP contribution in [0.15, 0.2) is 46.2 Å². The zero-order valence-electron chi connectivity index (χ0n) is 22.3. The summed E-state index contributed by atoms with van der Waals surface area (Å²) in [4.78, 5) is 30.1. The molecule has 0 unspecified atom stereocenters. The van der Waals surface area contributed by atoms with Crippen LogP contribution in [-0.4, -0.2) is 85.0 Å². The van der Waals surface area contributed by atoms with Gasteiger partial charge in [-0.1, -0.05) is 0 Å². The molecule has 212 valence electrons. The molecule has 0 saturated carbocycles. The Kier molecular flexibility index (Phi) is 7.54. The van der Waals surface area contributed by atoms with Gasteiger partial charge in [0.15, 0.2) is 5.82 Å². The maximum absolute atomic E-state index is 12.9. The fourth-order valence-corrected chi connectivity index (χ4v) is 6.02. The monoisotopic (exact) mass is 569 g/mol. The number of likely N-dealkylation sites (tertiary alicyclic amines) is 1. The first-order valence-electron chi connectivity index (χ1n) is 13.0. The number of piperidine rings is 1. The van der Waals surface area contributed by atoms with E-state index in [0.717, 1.165) is 4.31 Å². The minimum Gasteiger partial charge on any atom is -0.444 e. The van der Waals surface area contributed by atoms with Crippen molar-refractivity contribution < 1.29 is 22.7 Å². The lowest BCUT2D eigenvalue weighted by Gasteiger charge is -2.40. The lowest BCUT2D eigenvalue weighted by molar-refractivity contribution is 0.0357. The molecule has 1 atom stereocenters. The van der Waals surface area contributed by atoms with Gasteiger partial charge in [-0.25, -0.2) is 17.5 Å². The number of hydrogen-bond acceptors (Lipinski definition) is 9. The number of H-pyrrole nitrogens is 1. The first-order chi connectivity index (χ1) is 19.1. The third-order valence-corrected chi connectivity index (χ3v) is 9.29. The third-order valence-electron chi connectivity index (χ3n) is 7.46. The second-order valence-electron chi connectivity index (χ2n) is 10.2. The molecule has 40 heavy (non-hydrogen) atoms. The number of nitrogens with one attached hydrogen (secondary N) is 2. The topological polar surface area (TPSA) is 163 Å². The molecular formula is C26H31N7O6S. The summed E-state index contributed by atoms with van der Waals surface area (Å²) in [6, 6.07) is 10.2. The summed E-state index contributed by atoms with van der Waals surface area (Å²) in [6.45, 7) is 1.70. The van der Waals surface area contributed by atoms with Crippen molar-refractivity contribution in [3.8, 4) is 6.07 Å². The van der Waals surface area contributed by atoms with E-state index in [4.69, 9.17) is 14.6 Å². The maximum Gasteiger partial charge on any atom is 0.410 e. The van der Waals surface area contributed by atoms with Crippen LogP contribution in [0, 0.1) is 11.3 Å². The number of aromatic nitrogens is 3. The molecule has 1 aromatic carbocycles. The smallest absolute Gasteiger partial charge is 0.410 e. The number of ether oxygens (including phenoxy) is 2. The Balaban J connectivity index is 1.43. The average molecular weight is 570 g/mol. The molecule has 13 nitrogen and oxygen atoms in total. The van der Waals surface area contributed by atoms with Gasteiger partial charge in [0.2, 0.25) is 10.0 Å². The number of sulfonamides is 1. The van der Waals surface area contributed by atoms with Crippen molar-refractivity contribution in [3.05, 3.63) is 46.9 Å². The molecule has 2 fully saturated rings. The van der Waals surface area contributed by atoms with Crippen molar-refractivity contribution in [1.82, 2.24) is 24.0 Å². The molecule has 2 saturated heterocycles. The summed E-state index contributed by atoms with van der Waals surface area (Å²) in [6.07, 6.45) is 2.58.